The average molecular weight is 466 g/mol. The molecule has 5 aliphatic rings. The van der Waals surface area contributed by atoms with Crippen LogP contribution in [0.25, 0.3) is 0 Å². The molecule has 180 valence electrons. The number of amides is 4. The van der Waals surface area contributed by atoms with E-state index in [2.05, 4.69) is 20.4 Å². The summed E-state index contributed by atoms with van der Waals surface area (Å²) in [7, 11) is 0. The first-order chi connectivity index (χ1) is 16.5. The van der Waals surface area contributed by atoms with Gasteiger partial charge in [-0.15, -0.1) is 0 Å². The highest BCUT2D eigenvalue weighted by molar-refractivity contribution is 6.23. The minimum absolute atomic E-state index is 0.125. The van der Waals surface area contributed by atoms with Gasteiger partial charge in [0.15, 0.2) is 0 Å². The van der Waals surface area contributed by atoms with Crippen LogP contribution in [-0.2, 0) is 9.59 Å². The van der Waals surface area contributed by atoms with E-state index in [1.165, 1.54) is 19.4 Å². The van der Waals surface area contributed by atoms with Crippen molar-refractivity contribution in [1.82, 2.24) is 20.4 Å². The summed E-state index contributed by atoms with van der Waals surface area (Å²) in [6.07, 6.45) is 2.85. The Kier molecular flexibility index (Phi) is 5.41. The lowest BCUT2D eigenvalue weighted by atomic mass is 9.98. The number of carbonyl (C=O) groups excluding carboxylic acids is 4. The summed E-state index contributed by atoms with van der Waals surface area (Å²) in [5.74, 6) is 0.238. The van der Waals surface area contributed by atoms with Crippen LogP contribution in [0.3, 0.4) is 0 Å². The maximum atomic E-state index is 13.1. The molecule has 34 heavy (non-hydrogen) atoms. The van der Waals surface area contributed by atoms with Crippen molar-refractivity contribution in [3.8, 4) is 0 Å². The van der Waals surface area contributed by atoms with E-state index in [0.29, 0.717) is 23.0 Å². The standard InChI is InChI=1S/C25H31N5O4/c31-22-4-3-21(23(32)27-22)30-24(33)19-2-1-18(9-20(19)25(30)34)29-13-16-11-28(12-17(16)14-29)10-15-5-7-26-8-6-15/h1-2,9,15-17,21,26H,3-8,10-14H2,(H,27,31,32). The Bertz CT molecular complexity index is 1040. The van der Waals surface area contributed by atoms with Crippen LogP contribution < -0.4 is 15.5 Å². The second-order valence-electron chi connectivity index (χ2n) is 10.5. The van der Waals surface area contributed by atoms with Gasteiger partial charge in [-0.3, -0.25) is 29.4 Å². The molecule has 9 heteroatoms. The lowest BCUT2D eigenvalue weighted by molar-refractivity contribution is -0.136. The second-order valence-corrected chi connectivity index (χ2v) is 10.5. The lowest BCUT2D eigenvalue weighted by Gasteiger charge is -2.29. The van der Waals surface area contributed by atoms with Gasteiger partial charge < -0.3 is 15.1 Å². The average Bonchev–Trinajstić information content (AvgIpc) is 3.46. The molecule has 2 N–H and O–H groups in total. The van der Waals surface area contributed by atoms with E-state index < -0.39 is 23.8 Å². The molecular weight excluding hydrogens is 434 g/mol. The summed E-state index contributed by atoms with van der Waals surface area (Å²) in [4.78, 5) is 55.9. The molecule has 4 saturated heterocycles. The minimum Gasteiger partial charge on any atom is -0.371 e. The Balaban J connectivity index is 1.12. The van der Waals surface area contributed by atoms with Crippen molar-refractivity contribution in [3.05, 3.63) is 29.3 Å². The van der Waals surface area contributed by atoms with Crippen molar-refractivity contribution in [2.45, 2.75) is 31.7 Å². The summed E-state index contributed by atoms with van der Waals surface area (Å²) >= 11 is 0. The van der Waals surface area contributed by atoms with Crippen molar-refractivity contribution in [2.75, 3.05) is 50.7 Å². The smallest absolute Gasteiger partial charge is 0.262 e. The van der Waals surface area contributed by atoms with Gasteiger partial charge >= 0.3 is 0 Å². The molecule has 5 heterocycles. The zero-order chi connectivity index (χ0) is 23.4. The van der Waals surface area contributed by atoms with Gasteiger partial charge in [-0.05, 0) is 68.3 Å². The van der Waals surface area contributed by atoms with Gasteiger partial charge in [-0.1, -0.05) is 0 Å². The van der Waals surface area contributed by atoms with Crippen LogP contribution >= 0.6 is 0 Å². The van der Waals surface area contributed by atoms with Gasteiger partial charge in [-0.2, -0.15) is 0 Å². The molecule has 4 fully saturated rings. The highest BCUT2D eigenvalue weighted by atomic mass is 16.2. The molecule has 1 aromatic rings. The van der Waals surface area contributed by atoms with Crippen LogP contribution in [0.15, 0.2) is 18.2 Å². The first-order valence-corrected chi connectivity index (χ1v) is 12.5. The molecular formula is C25H31N5O4. The molecule has 0 radical (unpaired) electrons. The topological polar surface area (TPSA) is 102 Å². The summed E-state index contributed by atoms with van der Waals surface area (Å²) < 4.78 is 0. The van der Waals surface area contributed by atoms with Crippen molar-refractivity contribution >= 4 is 29.3 Å². The maximum Gasteiger partial charge on any atom is 0.262 e. The molecule has 5 aliphatic heterocycles. The molecule has 3 unspecified atom stereocenters. The van der Waals surface area contributed by atoms with Gasteiger partial charge in [0.25, 0.3) is 11.8 Å². The van der Waals surface area contributed by atoms with Crippen LogP contribution in [0, 0.1) is 17.8 Å². The van der Waals surface area contributed by atoms with Crippen LogP contribution in [-0.4, -0.2) is 85.3 Å². The van der Waals surface area contributed by atoms with Crippen LogP contribution in [0.5, 0.6) is 0 Å². The fourth-order valence-electron chi connectivity index (χ4n) is 6.54. The number of likely N-dealkylation sites (tertiary alicyclic amines) is 1. The Morgan fingerprint density at radius 3 is 2.26 bits per heavy atom. The number of anilines is 1. The van der Waals surface area contributed by atoms with Gasteiger partial charge in [0.2, 0.25) is 11.8 Å². The molecule has 3 atom stereocenters. The predicted molar refractivity (Wildman–Crippen MR) is 124 cm³/mol. The van der Waals surface area contributed by atoms with Crippen LogP contribution in [0.2, 0.25) is 0 Å². The summed E-state index contributed by atoms with van der Waals surface area (Å²) in [5, 5.41) is 5.69. The molecule has 1 aromatic carbocycles. The highest BCUT2D eigenvalue weighted by Crippen LogP contribution is 2.37. The first-order valence-electron chi connectivity index (χ1n) is 12.5. The number of benzene rings is 1. The van der Waals surface area contributed by atoms with E-state index in [-0.39, 0.29) is 18.7 Å². The SMILES string of the molecule is O=C1CCC(N2C(=O)c3ccc(N4CC5CN(CC6CCNCC6)CC5C4)cc3C2=O)C(=O)N1. The van der Waals surface area contributed by atoms with Crippen molar-refractivity contribution < 1.29 is 19.2 Å². The Morgan fingerprint density at radius 1 is 0.853 bits per heavy atom. The number of fused-ring (bicyclic) bond motifs is 2. The van der Waals surface area contributed by atoms with E-state index in [1.54, 1.807) is 6.07 Å². The number of carbonyl (C=O) groups is 4. The summed E-state index contributed by atoms with van der Waals surface area (Å²) in [5.41, 5.74) is 1.66. The zero-order valence-corrected chi connectivity index (χ0v) is 19.3. The number of nitrogens with zero attached hydrogens (tertiary/aromatic N) is 3. The van der Waals surface area contributed by atoms with E-state index in [4.69, 9.17) is 0 Å². The van der Waals surface area contributed by atoms with Gasteiger partial charge in [0.05, 0.1) is 11.1 Å². The van der Waals surface area contributed by atoms with Crippen molar-refractivity contribution in [2.24, 2.45) is 17.8 Å². The molecule has 9 nitrogen and oxygen atoms in total. The fraction of sp³-hybridized carbons (Fsp3) is 0.600. The van der Waals surface area contributed by atoms with E-state index in [0.717, 1.165) is 55.8 Å². The monoisotopic (exact) mass is 465 g/mol. The van der Waals surface area contributed by atoms with Gasteiger partial charge in [0.1, 0.15) is 6.04 Å². The van der Waals surface area contributed by atoms with E-state index in [9.17, 15) is 19.2 Å². The lowest BCUT2D eigenvalue weighted by Crippen LogP contribution is -2.54. The number of hydrogen-bond donors (Lipinski definition) is 2. The molecule has 0 bridgehead atoms. The molecule has 4 amide bonds. The van der Waals surface area contributed by atoms with Crippen LogP contribution in [0.4, 0.5) is 5.69 Å². The molecule has 0 spiro atoms. The molecule has 0 aliphatic carbocycles. The number of nitrogens with one attached hydrogen (secondary N) is 2. The summed E-state index contributed by atoms with van der Waals surface area (Å²) in [6.45, 7) is 7.68. The Morgan fingerprint density at radius 2 is 1.56 bits per heavy atom. The fourth-order valence-corrected chi connectivity index (χ4v) is 6.54. The van der Waals surface area contributed by atoms with E-state index in [1.807, 2.05) is 12.1 Å². The Hall–Kier alpha value is -2.78. The maximum absolute atomic E-state index is 13.1. The zero-order valence-electron chi connectivity index (χ0n) is 19.3. The van der Waals surface area contributed by atoms with Gasteiger partial charge in [0, 0.05) is 44.8 Å². The second kappa shape index (κ2) is 8.46. The quantitative estimate of drug-likeness (QED) is 0.623. The predicted octanol–water partition coefficient (Wildman–Crippen LogP) is 0.455. The van der Waals surface area contributed by atoms with Gasteiger partial charge in [-0.25, -0.2) is 0 Å². The third-order valence-electron chi connectivity index (χ3n) is 8.33. The molecule has 6 rings (SSSR count). The molecule has 0 aromatic heterocycles. The van der Waals surface area contributed by atoms with Crippen molar-refractivity contribution in [1.29, 1.82) is 0 Å². The number of hydrogen-bond acceptors (Lipinski definition) is 7. The summed E-state index contributed by atoms with van der Waals surface area (Å²) in [6, 6.07) is 4.53. The number of piperidine rings is 2. The minimum atomic E-state index is -0.925. The molecule has 0 saturated carbocycles. The third-order valence-corrected chi connectivity index (χ3v) is 8.33. The normalized spacial score (nSPS) is 30.2. The van der Waals surface area contributed by atoms with Crippen molar-refractivity contribution in [3.63, 3.8) is 0 Å². The third kappa shape index (κ3) is 3.71. The van der Waals surface area contributed by atoms with E-state index >= 15 is 0 Å². The number of rotatable bonds is 4. The van der Waals surface area contributed by atoms with Crippen LogP contribution in [0.1, 0.15) is 46.4 Å². The Labute approximate surface area is 198 Å². The first kappa shape index (κ1) is 21.7. The largest absolute Gasteiger partial charge is 0.371 e. The number of imide groups is 2. The highest BCUT2D eigenvalue weighted by Gasteiger charge is 2.45.